The SMILES string of the molecule is Cc1[nH]c2ccccc2c1C(=O)CN(C)CC(=O)Nc1ccccc1Br. The summed E-state index contributed by atoms with van der Waals surface area (Å²) in [5.41, 5.74) is 3.20. The summed E-state index contributed by atoms with van der Waals surface area (Å²) in [6.07, 6.45) is 0. The van der Waals surface area contributed by atoms with Crippen LogP contribution < -0.4 is 5.32 Å². The van der Waals surface area contributed by atoms with Crippen molar-refractivity contribution in [1.82, 2.24) is 9.88 Å². The number of para-hydroxylation sites is 2. The van der Waals surface area contributed by atoms with Gasteiger partial charge in [0.05, 0.1) is 18.8 Å². The summed E-state index contributed by atoms with van der Waals surface area (Å²) < 4.78 is 0.821. The molecule has 1 heterocycles. The van der Waals surface area contributed by atoms with E-state index in [4.69, 9.17) is 0 Å². The number of hydrogen-bond acceptors (Lipinski definition) is 3. The monoisotopic (exact) mass is 413 g/mol. The van der Waals surface area contributed by atoms with Gasteiger partial charge in [-0.1, -0.05) is 30.3 Å². The van der Waals surface area contributed by atoms with E-state index in [-0.39, 0.29) is 24.8 Å². The maximum absolute atomic E-state index is 12.7. The Morgan fingerprint density at radius 3 is 2.54 bits per heavy atom. The molecule has 0 saturated heterocycles. The Morgan fingerprint density at radius 2 is 1.77 bits per heavy atom. The van der Waals surface area contributed by atoms with E-state index in [0.717, 1.165) is 21.1 Å². The van der Waals surface area contributed by atoms with E-state index in [2.05, 4.69) is 26.2 Å². The van der Waals surface area contributed by atoms with Crippen molar-refractivity contribution in [3.8, 4) is 0 Å². The van der Waals surface area contributed by atoms with Gasteiger partial charge >= 0.3 is 0 Å². The third-order valence-electron chi connectivity index (χ3n) is 4.15. The number of hydrogen-bond donors (Lipinski definition) is 2. The van der Waals surface area contributed by atoms with Gasteiger partial charge in [0.1, 0.15) is 0 Å². The second-order valence-corrected chi connectivity index (χ2v) is 7.15. The number of carbonyl (C=O) groups is 2. The smallest absolute Gasteiger partial charge is 0.238 e. The fourth-order valence-electron chi connectivity index (χ4n) is 3.01. The number of aromatic nitrogens is 1. The second kappa shape index (κ2) is 7.85. The highest BCUT2D eigenvalue weighted by molar-refractivity contribution is 9.10. The number of rotatable bonds is 6. The molecular weight excluding hydrogens is 394 g/mol. The number of fused-ring (bicyclic) bond motifs is 1. The van der Waals surface area contributed by atoms with Gasteiger partial charge in [-0.2, -0.15) is 0 Å². The Bertz CT molecular complexity index is 965. The van der Waals surface area contributed by atoms with E-state index >= 15 is 0 Å². The number of nitrogens with one attached hydrogen (secondary N) is 2. The van der Waals surface area contributed by atoms with Crippen LogP contribution in [0.2, 0.25) is 0 Å². The quantitative estimate of drug-likeness (QED) is 0.600. The molecule has 1 aromatic heterocycles. The molecule has 0 bridgehead atoms. The number of nitrogens with zero attached hydrogens (tertiary/aromatic N) is 1. The predicted molar refractivity (Wildman–Crippen MR) is 108 cm³/mol. The molecule has 0 aliphatic rings. The molecule has 134 valence electrons. The van der Waals surface area contributed by atoms with Crippen LogP contribution >= 0.6 is 15.9 Å². The number of amides is 1. The minimum atomic E-state index is -0.164. The van der Waals surface area contributed by atoms with E-state index in [1.54, 1.807) is 11.9 Å². The zero-order valence-corrected chi connectivity index (χ0v) is 16.3. The number of Topliss-reactive ketones (excluding diaryl/α,β-unsaturated/α-hetero) is 1. The van der Waals surface area contributed by atoms with Gasteiger partial charge in [0.15, 0.2) is 5.78 Å². The molecule has 0 aliphatic heterocycles. The second-order valence-electron chi connectivity index (χ2n) is 6.29. The number of likely N-dealkylation sites (N-methyl/N-ethyl adjacent to an activating group) is 1. The van der Waals surface area contributed by atoms with Gasteiger partial charge in [0.25, 0.3) is 0 Å². The van der Waals surface area contributed by atoms with Gasteiger partial charge in [0.2, 0.25) is 5.91 Å². The van der Waals surface area contributed by atoms with Gasteiger partial charge < -0.3 is 10.3 Å². The Kier molecular flexibility index (Phi) is 5.54. The molecule has 3 rings (SSSR count). The molecule has 0 unspecified atom stereocenters. The van der Waals surface area contributed by atoms with E-state index in [1.807, 2.05) is 55.5 Å². The first-order valence-corrected chi connectivity index (χ1v) is 9.08. The normalized spacial score (nSPS) is 11.1. The zero-order valence-electron chi connectivity index (χ0n) is 14.7. The molecule has 5 nitrogen and oxygen atoms in total. The van der Waals surface area contributed by atoms with Gasteiger partial charge in [-0.3, -0.25) is 14.5 Å². The summed E-state index contributed by atoms with van der Waals surface area (Å²) in [6, 6.07) is 15.2. The zero-order chi connectivity index (χ0) is 18.7. The van der Waals surface area contributed by atoms with Crippen molar-refractivity contribution < 1.29 is 9.59 Å². The fourth-order valence-corrected chi connectivity index (χ4v) is 3.40. The van der Waals surface area contributed by atoms with Crippen LogP contribution in [0.5, 0.6) is 0 Å². The number of carbonyl (C=O) groups excluding carboxylic acids is 2. The lowest BCUT2D eigenvalue weighted by Gasteiger charge is -2.16. The minimum absolute atomic E-state index is 0.00357. The molecule has 26 heavy (non-hydrogen) atoms. The molecule has 2 aromatic carbocycles. The topological polar surface area (TPSA) is 65.2 Å². The first kappa shape index (κ1) is 18.4. The Hall–Kier alpha value is -2.44. The van der Waals surface area contributed by atoms with Gasteiger partial charge in [-0.25, -0.2) is 0 Å². The van der Waals surface area contributed by atoms with Crippen molar-refractivity contribution in [2.45, 2.75) is 6.92 Å². The van der Waals surface area contributed by atoms with Crippen molar-refractivity contribution in [2.24, 2.45) is 0 Å². The van der Waals surface area contributed by atoms with Crippen LogP contribution in [0.15, 0.2) is 53.0 Å². The molecule has 0 fully saturated rings. The molecule has 3 aromatic rings. The van der Waals surface area contributed by atoms with Crippen molar-refractivity contribution in [3.05, 3.63) is 64.3 Å². The Morgan fingerprint density at radius 1 is 1.08 bits per heavy atom. The molecule has 2 N–H and O–H groups in total. The summed E-state index contributed by atoms with van der Waals surface area (Å²) in [7, 11) is 1.77. The van der Waals surface area contributed by atoms with Crippen LogP contribution in [0.1, 0.15) is 16.1 Å². The average molecular weight is 414 g/mol. The van der Waals surface area contributed by atoms with Gasteiger partial charge in [-0.15, -0.1) is 0 Å². The van der Waals surface area contributed by atoms with Crippen molar-refractivity contribution >= 4 is 44.2 Å². The molecule has 6 heteroatoms. The number of anilines is 1. The summed E-state index contributed by atoms with van der Waals surface area (Å²) >= 11 is 3.40. The number of aromatic amines is 1. The van der Waals surface area contributed by atoms with E-state index < -0.39 is 0 Å². The standard InChI is InChI=1S/C20H20BrN3O2/c1-13-20(14-7-3-5-9-16(14)22-13)18(25)11-24(2)12-19(26)23-17-10-6-4-8-15(17)21/h3-10,22H,11-12H2,1-2H3,(H,23,26). The molecule has 0 saturated carbocycles. The number of halogens is 1. The minimum Gasteiger partial charge on any atom is -0.358 e. The van der Waals surface area contributed by atoms with Gasteiger partial charge in [0, 0.05) is 26.6 Å². The summed E-state index contributed by atoms with van der Waals surface area (Å²) in [5.74, 6) is -0.168. The summed E-state index contributed by atoms with van der Waals surface area (Å²) in [4.78, 5) is 29.9. The van der Waals surface area contributed by atoms with Crippen LogP contribution in [-0.2, 0) is 4.79 Å². The van der Waals surface area contributed by atoms with Crippen LogP contribution in [0.25, 0.3) is 10.9 Å². The van der Waals surface area contributed by atoms with Gasteiger partial charge in [-0.05, 0) is 48.1 Å². The number of H-pyrrole nitrogens is 1. The van der Waals surface area contributed by atoms with Crippen LogP contribution in [-0.4, -0.2) is 41.7 Å². The van der Waals surface area contributed by atoms with Crippen LogP contribution in [0.3, 0.4) is 0 Å². The number of ketones is 1. The molecule has 0 aliphatic carbocycles. The van der Waals surface area contributed by atoms with Crippen molar-refractivity contribution in [2.75, 3.05) is 25.5 Å². The van der Waals surface area contributed by atoms with E-state index in [0.29, 0.717) is 11.3 Å². The Labute approximate surface area is 160 Å². The van der Waals surface area contributed by atoms with Crippen molar-refractivity contribution in [3.63, 3.8) is 0 Å². The highest BCUT2D eigenvalue weighted by Crippen LogP contribution is 2.23. The molecule has 0 radical (unpaired) electrons. The molecule has 1 amide bonds. The summed E-state index contributed by atoms with van der Waals surface area (Å²) in [6.45, 7) is 2.20. The fraction of sp³-hybridized carbons (Fsp3) is 0.200. The molecule has 0 atom stereocenters. The van der Waals surface area contributed by atoms with Crippen molar-refractivity contribution in [1.29, 1.82) is 0 Å². The van der Waals surface area contributed by atoms with Crippen LogP contribution in [0.4, 0.5) is 5.69 Å². The number of benzene rings is 2. The Balaban J connectivity index is 1.65. The number of aryl methyl sites for hydroxylation is 1. The first-order valence-electron chi connectivity index (χ1n) is 8.29. The average Bonchev–Trinajstić information content (AvgIpc) is 2.92. The lowest BCUT2D eigenvalue weighted by Crippen LogP contribution is -2.34. The third kappa shape index (κ3) is 4.03. The van der Waals surface area contributed by atoms with E-state index in [1.165, 1.54) is 0 Å². The first-order chi connectivity index (χ1) is 12.5. The van der Waals surface area contributed by atoms with E-state index in [9.17, 15) is 9.59 Å². The maximum Gasteiger partial charge on any atom is 0.238 e. The highest BCUT2D eigenvalue weighted by atomic mass is 79.9. The predicted octanol–water partition coefficient (Wildman–Crippen LogP) is 3.99. The lowest BCUT2D eigenvalue weighted by molar-refractivity contribution is -0.116. The molecule has 0 spiro atoms. The third-order valence-corrected chi connectivity index (χ3v) is 4.84. The molecular formula is C20H20BrN3O2. The maximum atomic E-state index is 12.7. The van der Waals surface area contributed by atoms with Crippen LogP contribution in [0, 0.1) is 6.92 Å². The highest BCUT2D eigenvalue weighted by Gasteiger charge is 2.18. The largest absolute Gasteiger partial charge is 0.358 e. The lowest BCUT2D eigenvalue weighted by atomic mass is 10.1. The summed E-state index contributed by atoms with van der Waals surface area (Å²) in [5, 5.41) is 3.76.